The number of nitrogens with zero attached hydrogens (tertiary/aromatic N) is 2. The maximum atomic E-state index is 6.44. The summed E-state index contributed by atoms with van der Waals surface area (Å²) >= 11 is 0. The summed E-state index contributed by atoms with van der Waals surface area (Å²) in [6.45, 7) is 4.44. The smallest absolute Gasteiger partial charge is 0.148 e. The minimum Gasteiger partial charge on any atom is -0.455 e. The number of hydrogen-bond donors (Lipinski definition) is 0. The maximum absolute atomic E-state index is 6.44. The summed E-state index contributed by atoms with van der Waals surface area (Å²) in [5.74, 6) is 0. The lowest BCUT2D eigenvalue weighted by Gasteiger charge is -2.26. The summed E-state index contributed by atoms with van der Waals surface area (Å²) in [4.78, 5) is 9.78. The number of para-hydroxylation sites is 1. The van der Waals surface area contributed by atoms with Gasteiger partial charge in [0.2, 0.25) is 0 Å². The van der Waals surface area contributed by atoms with Gasteiger partial charge >= 0.3 is 0 Å². The third kappa shape index (κ3) is 2.82. The van der Waals surface area contributed by atoms with E-state index in [0.717, 1.165) is 49.7 Å². The average molecular weight is 415 g/mol. The Kier molecular flexibility index (Phi) is 4.12. The second kappa shape index (κ2) is 7.03. The molecule has 32 heavy (non-hydrogen) atoms. The van der Waals surface area contributed by atoms with Crippen LogP contribution in [-0.2, 0) is 5.41 Å². The molecule has 0 saturated carbocycles. The molecule has 0 N–H and O–H groups in total. The van der Waals surface area contributed by atoms with Crippen molar-refractivity contribution in [2.24, 2.45) is 0 Å². The van der Waals surface area contributed by atoms with Crippen molar-refractivity contribution in [1.29, 1.82) is 0 Å². The molecule has 0 aliphatic heterocycles. The fraction of sp³-hybridized carbons (Fsp3) is 0.103. The molecule has 0 spiro atoms. The van der Waals surface area contributed by atoms with E-state index in [1.807, 2.05) is 42.7 Å². The maximum Gasteiger partial charge on any atom is 0.148 e. The molecule has 6 rings (SSSR count). The first-order chi connectivity index (χ1) is 15.6. The Bertz CT molecular complexity index is 1600. The molecule has 0 amide bonds. The molecule has 6 aromatic rings. The molecule has 3 aromatic carbocycles. The zero-order valence-corrected chi connectivity index (χ0v) is 18.0. The van der Waals surface area contributed by atoms with Gasteiger partial charge in [-0.3, -0.25) is 9.97 Å². The van der Waals surface area contributed by atoms with Gasteiger partial charge in [-0.2, -0.15) is 0 Å². The molecule has 0 aliphatic rings. The SMILES string of the molecule is CC(C)(c1ccccc1)c1ncc(-c2cc3ccccc3cn2)c2oc3ccccc3c12. The lowest BCUT2D eigenvalue weighted by molar-refractivity contribution is 0.621. The number of pyridine rings is 2. The molecular formula is C29H22N2O. The second-order valence-electron chi connectivity index (χ2n) is 8.73. The fourth-order valence-electron chi connectivity index (χ4n) is 4.60. The first kappa shape index (κ1) is 18.8. The number of aromatic nitrogens is 2. The summed E-state index contributed by atoms with van der Waals surface area (Å²) in [5, 5.41) is 4.40. The largest absolute Gasteiger partial charge is 0.455 e. The van der Waals surface area contributed by atoms with E-state index in [4.69, 9.17) is 14.4 Å². The van der Waals surface area contributed by atoms with Crippen LogP contribution in [0.2, 0.25) is 0 Å². The van der Waals surface area contributed by atoms with Crippen molar-refractivity contribution in [3.63, 3.8) is 0 Å². The number of rotatable bonds is 3. The monoisotopic (exact) mass is 414 g/mol. The van der Waals surface area contributed by atoms with Gasteiger partial charge in [-0.15, -0.1) is 0 Å². The molecule has 154 valence electrons. The van der Waals surface area contributed by atoms with Crippen molar-refractivity contribution in [1.82, 2.24) is 9.97 Å². The summed E-state index contributed by atoms with van der Waals surface area (Å²) < 4.78 is 6.44. The van der Waals surface area contributed by atoms with Gasteiger partial charge in [0.15, 0.2) is 0 Å². The van der Waals surface area contributed by atoms with Gasteiger partial charge in [-0.05, 0) is 23.1 Å². The van der Waals surface area contributed by atoms with Crippen LogP contribution in [-0.4, -0.2) is 9.97 Å². The van der Waals surface area contributed by atoms with Gasteiger partial charge in [0, 0.05) is 28.6 Å². The lowest BCUT2D eigenvalue weighted by Crippen LogP contribution is -2.21. The van der Waals surface area contributed by atoms with E-state index in [2.05, 4.69) is 68.4 Å². The number of furan rings is 1. The zero-order chi connectivity index (χ0) is 21.7. The van der Waals surface area contributed by atoms with Gasteiger partial charge in [-0.1, -0.05) is 86.6 Å². The quantitative estimate of drug-likeness (QED) is 0.300. The Morgan fingerprint density at radius 2 is 1.44 bits per heavy atom. The molecule has 0 saturated heterocycles. The first-order valence-electron chi connectivity index (χ1n) is 10.8. The van der Waals surface area contributed by atoms with E-state index in [1.54, 1.807) is 0 Å². The third-order valence-electron chi connectivity index (χ3n) is 6.39. The highest BCUT2D eigenvalue weighted by Gasteiger charge is 2.30. The van der Waals surface area contributed by atoms with Gasteiger partial charge in [0.25, 0.3) is 0 Å². The van der Waals surface area contributed by atoms with Crippen LogP contribution in [0.25, 0.3) is 44.0 Å². The van der Waals surface area contributed by atoms with Crippen LogP contribution in [0.1, 0.15) is 25.1 Å². The molecular weight excluding hydrogens is 392 g/mol. The molecule has 3 heteroatoms. The Balaban J connectivity index is 1.67. The Labute approximate surface area is 186 Å². The van der Waals surface area contributed by atoms with Crippen LogP contribution in [0.5, 0.6) is 0 Å². The fourth-order valence-corrected chi connectivity index (χ4v) is 4.60. The third-order valence-corrected chi connectivity index (χ3v) is 6.39. The molecule has 3 aromatic heterocycles. The van der Waals surface area contributed by atoms with Crippen LogP contribution in [0.3, 0.4) is 0 Å². The van der Waals surface area contributed by atoms with E-state index in [9.17, 15) is 0 Å². The molecule has 0 radical (unpaired) electrons. The van der Waals surface area contributed by atoms with E-state index in [0.29, 0.717) is 0 Å². The Morgan fingerprint density at radius 3 is 2.28 bits per heavy atom. The van der Waals surface area contributed by atoms with Crippen molar-refractivity contribution >= 4 is 32.7 Å². The van der Waals surface area contributed by atoms with Crippen LogP contribution >= 0.6 is 0 Å². The van der Waals surface area contributed by atoms with Crippen LogP contribution < -0.4 is 0 Å². The van der Waals surface area contributed by atoms with Gasteiger partial charge in [0.05, 0.1) is 22.3 Å². The summed E-state index contributed by atoms with van der Waals surface area (Å²) in [5.41, 5.74) is 5.41. The molecule has 0 bridgehead atoms. The molecule has 0 atom stereocenters. The zero-order valence-electron chi connectivity index (χ0n) is 18.0. The van der Waals surface area contributed by atoms with Crippen LogP contribution in [0.4, 0.5) is 0 Å². The van der Waals surface area contributed by atoms with E-state index in [-0.39, 0.29) is 5.41 Å². The van der Waals surface area contributed by atoms with Gasteiger partial charge in [0.1, 0.15) is 11.2 Å². The lowest BCUT2D eigenvalue weighted by atomic mass is 9.79. The first-order valence-corrected chi connectivity index (χ1v) is 10.8. The molecule has 0 aliphatic carbocycles. The predicted molar refractivity (Wildman–Crippen MR) is 131 cm³/mol. The second-order valence-corrected chi connectivity index (χ2v) is 8.73. The number of hydrogen-bond acceptors (Lipinski definition) is 3. The normalized spacial score (nSPS) is 12.1. The minimum atomic E-state index is -0.290. The average Bonchev–Trinajstić information content (AvgIpc) is 3.23. The Morgan fingerprint density at radius 1 is 0.719 bits per heavy atom. The van der Waals surface area contributed by atoms with Crippen LogP contribution in [0.15, 0.2) is 102 Å². The van der Waals surface area contributed by atoms with Gasteiger partial charge in [-0.25, -0.2) is 0 Å². The molecule has 3 nitrogen and oxygen atoms in total. The van der Waals surface area contributed by atoms with Crippen molar-refractivity contribution in [2.75, 3.05) is 0 Å². The Hall–Kier alpha value is -3.98. The summed E-state index contributed by atoms with van der Waals surface area (Å²) in [6.07, 6.45) is 3.84. The van der Waals surface area contributed by atoms with Crippen LogP contribution in [0, 0.1) is 0 Å². The number of benzene rings is 3. The predicted octanol–water partition coefficient (Wildman–Crippen LogP) is 7.52. The molecule has 0 unspecified atom stereocenters. The van der Waals surface area contributed by atoms with Crippen molar-refractivity contribution < 1.29 is 4.42 Å². The topological polar surface area (TPSA) is 38.9 Å². The summed E-state index contributed by atoms with van der Waals surface area (Å²) in [7, 11) is 0. The minimum absolute atomic E-state index is 0.290. The highest BCUT2D eigenvalue weighted by molar-refractivity contribution is 6.11. The summed E-state index contributed by atoms with van der Waals surface area (Å²) in [6, 6.07) is 29.1. The van der Waals surface area contributed by atoms with Crippen molar-refractivity contribution in [2.45, 2.75) is 19.3 Å². The molecule has 3 heterocycles. The standard InChI is InChI=1S/C29H22N2O/c1-29(2,21-12-4-3-5-13-21)28-26-22-14-8-9-15-25(22)32-27(26)23(18-31-28)24-16-19-10-6-7-11-20(19)17-30-24/h3-18H,1-2H3. The van der Waals surface area contributed by atoms with E-state index in [1.165, 1.54) is 5.56 Å². The highest BCUT2D eigenvalue weighted by Crippen LogP contribution is 2.42. The van der Waals surface area contributed by atoms with E-state index >= 15 is 0 Å². The van der Waals surface area contributed by atoms with E-state index < -0.39 is 0 Å². The van der Waals surface area contributed by atoms with Gasteiger partial charge < -0.3 is 4.42 Å². The number of fused-ring (bicyclic) bond motifs is 4. The highest BCUT2D eigenvalue weighted by atomic mass is 16.3. The molecule has 0 fully saturated rings. The van der Waals surface area contributed by atoms with Crippen molar-refractivity contribution in [3.8, 4) is 11.3 Å². The van der Waals surface area contributed by atoms with Crippen molar-refractivity contribution in [3.05, 3.63) is 109 Å².